The summed E-state index contributed by atoms with van der Waals surface area (Å²) in [5.41, 5.74) is 1.86. The zero-order chi connectivity index (χ0) is 16.5. The number of rotatable bonds is 8. The van der Waals surface area contributed by atoms with Crippen molar-refractivity contribution in [3.63, 3.8) is 0 Å². The van der Waals surface area contributed by atoms with Crippen LogP contribution in [0.1, 0.15) is 30.6 Å². The van der Waals surface area contributed by atoms with Crippen molar-refractivity contribution in [3.05, 3.63) is 71.8 Å². The smallest absolute Gasteiger partial charge is 0.225 e. The number of hydrogen-bond acceptors (Lipinski definition) is 3. The van der Waals surface area contributed by atoms with Crippen LogP contribution in [-0.4, -0.2) is 23.7 Å². The summed E-state index contributed by atoms with van der Waals surface area (Å²) in [7, 11) is 0. The zero-order valence-electron chi connectivity index (χ0n) is 13.4. The second-order valence-corrected chi connectivity index (χ2v) is 5.53. The highest BCUT2D eigenvalue weighted by Gasteiger charge is 2.13. The molecule has 0 saturated carbocycles. The second kappa shape index (κ2) is 9.08. The predicted molar refractivity (Wildman–Crippen MR) is 91.8 cm³/mol. The fraction of sp³-hybridized carbons (Fsp3) is 0.316. The van der Waals surface area contributed by atoms with Gasteiger partial charge in [-0.25, -0.2) is 0 Å². The molecule has 2 aromatic carbocycles. The molecule has 1 amide bonds. The van der Waals surface area contributed by atoms with Gasteiger partial charge in [0.05, 0.1) is 18.7 Å². The summed E-state index contributed by atoms with van der Waals surface area (Å²) in [5, 5.41) is 16.3. The molecular formula is C19H24N2O2. The minimum Gasteiger partial charge on any atom is -0.387 e. The standard InChI is InChI=1S/C19H24N2O2/c1-2-18(20-14-17(22)16-11-7-4-8-12-16)21-19(23)13-15-9-5-3-6-10-15/h3-12,17-18,20,22H,2,13-14H2,1H3,(H,21,23). The summed E-state index contributed by atoms with van der Waals surface area (Å²) in [6.45, 7) is 2.39. The molecule has 2 rings (SSSR count). The first-order chi connectivity index (χ1) is 11.2. The van der Waals surface area contributed by atoms with E-state index in [-0.39, 0.29) is 12.1 Å². The molecule has 0 aliphatic rings. The Hall–Kier alpha value is -2.17. The molecule has 4 heteroatoms. The van der Waals surface area contributed by atoms with Crippen LogP contribution in [0.5, 0.6) is 0 Å². The van der Waals surface area contributed by atoms with Crippen molar-refractivity contribution < 1.29 is 9.90 Å². The molecular weight excluding hydrogens is 288 g/mol. The SMILES string of the molecule is CCC(NCC(O)c1ccccc1)NC(=O)Cc1ccccc1. The lowest BCUT2D eigenvalue weighted by Crippen LogP contribution is -2.46. The molecule has 3 N–H and O–H groups in total. The highest BCUT2D eigenvalue weighted by atomic mass is 16.3. The Labute approximate surface area is 137 Å². The fourth-order valence-electron chi connectivity index (χ4n) is 2.37. The van der Waals surface area contributed by atoms with Crippen molar-refractivity contribution in [1.29, 1.82) is 0 Å². The van der Waals surface area contributed by atoms with E-state index in [2.05, 4.69) is 10.6 Å². The van der Waals surface area contributed by atoms with Crippen LogP contribution in [0.25, 0.3) is 0 Å². The van der Waals surface area contributed by atoms with Gasteiger partial charge < -0.3 is 10.4 Å². The van der Waals surface area contributed by atoms with Crippen LogP contribution in [0, 0.1) is 0 Å². The molecule has 0 aromatic heterocycles. The topological polar surface area (TPSA) is 61.4 Å². The maximum Gasteiger partial charge on any atom is 0.225 e. The van der Waals surface area contributed by atoms with Gasteiger partial charge in [-0.3, -0.25) is 10.1 Å². The summed E-state index contributed by atoms with van der Waals surface area (Å²) in [5.74, 6) is -0.0234. The third kappa shape index (κ3) is 5.85. The van der Waals surface area contributed by atoms with Gasteiger partial charge in [0.25, 0.3) is 0 Å². The van der Waals surface area contributed by atoms with E-state index in [1.54, 1.807) is 0 Å². The van der Waals surface area contributed by atoms with Crippen molar-refractivity contribution in [2.75, 3.05) is 6.54 Å². The number of carbonyl (C=O) groups is 1. The number of nitrogens with one attached hydrogen (secondary N) is 2. The fourth-order valence-corrected chi connectivity index (χ4v) is 2.37. The normalized spacial score (nSPS) is 13.3. The Morgan fingerprint density at radius 1 is 1.04 bits per heavy atom. The summed E-state index contributed by atoms with van der Waals surface area (Å²) in [6, 6.07) is 19.2. The lowest BCUT2D eigenvalue weighted by molar-refractivity contribution is -0.121. The minimum atomic E-state index is -0.587. The molecule has 0 bridgehead atoms. The molecule has 0 fully saturated rings. The molecule has 23 heavy (non-hydrogen) atoms. The largest absolute Gasteiger partial charge is 0.387 e. The summed E-state index contributed by atoms with van der Waals surface area (Å²) in [4.78, 5) is 12.1. The third-order valence-corrected chi connectivity index (χ3v) is 3.69. The van der Waals surface area contributed by atoms with Gasteiger partial charge in [0.2, 0.25) is 5.91 Å². The average Bonchev–Trinajstić information content (AvgIpc) is 2.60. The first-order valence-electron chi connectivity index (χ1n) is 7.98. The Balaban J connectivity index is 1.79. The van der Waals surface area contributed by atoms with Crippen molar-refractivity contribution in [2.24, 2.45) is 0 Å². The van der Waals surface area contributed by atoms with Crippen molar-refractivity contribution in [3.8, 4) is 0 Å². The molecule has 2 unspecified atom stereocenters. The van der Waals surface area contributed by atoms with Crippen LogP contribution in [0.2, 0.25) is 0 Å². The van der Waals surface area contributed by atoms with Crippen LogP contribution >= 0.6 is 0 Å². The van der Waals surface area contributed by atoms with Crippen LogP contribution in [0.15, 0.2) is 60.7 Å². The lowest BCUT2D eigenvalue weighted by Gasteiger charge is -2.21. The molecule has 0 aliphatic carbocycles. The third-order valence-electron chi connectivity index (χ3n) is 3.69. The monoisotopic (exact) mass is 312 g/mol. The Morgan fingerprint density at radius 2 is 1.65 bits per heavy atom. The van der Waals surface area contributed by atoms with E-state index in [1.165, 1.54) is 0 Å². The van der Waals surface area contributed by atoms with E-state index in [1.807, 2.05) is 67.6 Å². The molecule has 4 nitrogen and oxygen atoms in total. The Morgan fingerprint density at radius 3 is 2.26 bits per heavy atom. The minimum absolute atomic E-state index is 0.0234. The zero-order valence-corrected chi connectivity index (χ0v) is 13.4. The van der Waals surface area contributed by atoms with Crippen LogP contribution < -0.4 is 10.6 Å². The molecule has 0 aliphatic heterocycles. The Bertz CT molecular complexity index is 587. The van der Waals surface area contributed by atoms with Crippen molar-refractivity contribution in [2.45, 2.75) is 32.0 Å². The van der Waals surface area contributed by atoms with E-state index in [4.69, 9.17) is 0 Å². The van der Waals surface area contributed by atoms with Gasteiger partial charge in [-0.15, -0.1) is 0 Å². The van der Waals surface area contributed by atoms with Gasteiger partial charge in [-0.2, -0.15) is 0 Å². The van der Waals surface area contributed by atoms with Crippen molar-refractivity contribution >= 4 is 5.91 Å². The number of carbonyl (C=O) groups excluding carboxylic acids is 1. The lowest BCUT2D eigenvalue weighted by atomic mass is 10.1. The van der Waals surface area contributed by atoms with Gasteiger partial charge in [0.15, 0.2) is 0 Å². The number of hydrogen-bond donors (Lipinski definition) is 3. The summed E-state index contributed by atoms with van der Waals surface area (Å²) < 4.78 is 0. The number of amides is 1. The molecule has 0 radical (unpaired) electrons. The molecule has 122 valence electrons. The molecule has 0 spiro atoms. The van der Waals surface area contributed by atoms with E-state index in [0.717, 1.165) is 17.5 Å². The van der Waals surface area contributed by atoms with Gasteiger partial charge >= 0.3 is 0 Å². The molecule has 0 heterocycles. The average molecular weight is 312 g/mol. The predicted octanol–water partition coefficient (Wildman–Crippen LogP) is 2.40. The first kappa shape index (κ1) is 17.2. The quantitative estimate of drug-likeness (QED) is 0.656. The molecule has 2 aromatic rings. The van der Waals surface area contributed by atoms with Crippen LogP contribution in [0.4, 0.5) is 0 Å². The number of aliphatic hydroxyl groups excluding tert-OH is 1. The van der Waals surface area contributed by atoms with E-state index >= 15 is 0 Å². The highest BCUT2D eigenvalue weighted by Crippen LogP contribution is 2.10. The summed E-state index contributed by atoms with van der Waals surface area (Å²) in [6.07, 6.45) is 0.378. The number of benzene rings is 2. The summed E-state index contributed by atoms with van der Waals surface area (Å²) >= 11 is 0. The van der Waals surface area contributed by atoms with Gasteiger partial charge in [-0.1, -0.05) is 67.6 Å². The van der Waals surface area contributed by atoms with Gasteiger partial charge in [0.1, 0.15) is 0 Å². The maximum atomic E-state index is 12.1. The Kier molecular flexibility index (Phi) is 6.78. The van der Waals surface area contributed by atoms with E-state index in [0.29, 0.717) is 13.0 Å². The number of aliphatic hydroxyl groups is 1. The van der Waals surface area contributed by atoms with Crippen molar-refractivity contribution in [1.82, 2.24) is 10.6 Å². The van der Waals surface area contributed by atoms with Gasteiger partial charge in [-0.05, 0) is 17.5 Å². The van der Waals surface area contributed by atoms with Crippen LogP contribution in [0.3, 0.4) is 0 Å². The highest BCUT2D eigenvalue weighted by molar-refractivity contribution is 5.78. The van der Waals surface area contributed by atoms with Gasteiger partial charge in [0, 0.05) is 6.54 Å². The second-order valence-electron chi connectivity index (χ2n) is 5.53. The molecule has 2 atom stereocenters. The van der Waals surface area contributed by atoms with Crippen LogP contribution in [-0.2, 0) is 11.2 Å². The maximum absolute atomic E-state index is 12.1. The van der Waals surface area contributed by atoms with E-state index in [9.17, 15) is 9.90 Å². The molecule has 0 saturated heterocycles. The first-order valence-corrected chi connectivity index (χ1v) is 7.98. The van der Waals surface area contributed by atoms with E-state index < -0.39 is 6.10 Å².